The van der Waals surface area contributed by atoms with E-state index in [1.165, 1.54) is 10.8 Å². The lowest BCUT2D eigenvalue weighted by Gasteiger charge is -2.16. The first kappa shape index (κ1) is 26.5. The summed E-state index contributed by atoms with van der Waals surface area (Å²) in [6.45, 7) is -0.723. The highest BCUT2D eigenvalue weighted by atomic mass is 35.5. The number of nitrogens with one attached hydrogen (secondary N) is 2. The van der Waals surface area contributed by atoms with Crippen LogP contribution in [-0.2, 0) is 17.9 Å². The van der Waals surface area contributed by atoms with Crippen molar-refractivity contribution in [3.63, 3.8) is 0 Å². The molecule has 3 N–H and O–H groups in total. The van der Waals surface area contributed by atoms with Crippen LogP contribution in [0.3, 0.4) is 0 Å². The standard InChI is InChI=1S/C25H24ClN7O5/c26-18-4-1-3-17(6-7-18)15-32-23(30-24(36)33(25(32)37)16-21(35)27-13-14-34)29-19-8-10-20(11-9-19)38-22-5-2-12-28-31-22/h1-2,4-12,34H,3,13-16H2,(H,27,35)(H,29,30,36). The molecule has 1 aliphatic rings. The van der Waals surface area contributed by atoms with Crippen LogP contribution in [-0.4, -0.2) is 48.5 Å². The number of aromatic nitrogens is 5. The largest absolute Gasteiger partial charge is 0.438 e. The molecular formula is C25H24ClN7O5. The molecule has 0 aliphatic heterocycles. The van der Waals surface area contributed by atoms with Crippen molar-refractivity contribution >= 4 is 29.1 Å². The summed E-state index contributed by atoms with van der Waals surface area (Å²) in [7, 11) is 0. The van der Waals surface area contributed by atoms with E-state index in [9.17, 15) is 14.4 Å². The van der Waals surface area contributed by atoms with E-state index in [2.05, 4.69) is 25.8 Å². The average Bonchev–Trinajstić information content (AvgIpc) is 3.13. The summed E-state index contributed by atoms with van der Waals surface area (Å²) in [6, 6.07) is 10.1. The number of anilines is 2. The summed E-state index contributed by atoms with van der Waals surface area (Å²) < 4.78 is 7.65. The zero-order valence-electron chi connectivity index (χ0n) is 20.1. The number of hydrogen-bond donors (Lipinski definition) is 3. The smallest absolute Gasteiger partial charge is 0.355 e. The number of hydrogen-bond acceptors (Lipinski definition) is 9. The minimum atomic E-state index is -0.895. The normalized spacial score (nSPS) is 12.8. The number of carbonyl (C=O) groups is 1. The van der Waals surface area contributed by atoms with Gasteiger partial charge in [0.15, 0.2) is 0 Å². The monoisotopic (exact) mass is 537 g/mol. The Bertz CT molecular complexity index is 1500. The molecule has 0 fully saturated rings. The van der Waals surface area contributed by atoms with Gasteiger partial charge in [-0.15, -0.1) is 5.10 Å². The van der Waals surface area contributed by atoms with Crippen molar-refractivity contribution in [2.45, 2.75) is 19.5 Å². The van der Waals surface area contributed by atoms with Crippen LogP contribution < -0.4 is 26.7 Å². The summed E-state index contributed by atoms with van der Waals surface area (Å²) in [5.74, 6) is 0.233. The van der Waals surface area contributed by atoms with E-state index in [4.69, 9.17) is 21.4 Å². The fourth-order valence-corrected chi connectivity index (χ4v) is 3.61. The van der Waals surface area contributed by atoms with Gasteiger partial charge in [-0.2, -0.15) is 10.1 Å². The average molecular weight is 538 g/mol. The molecule has 2 aromatic heterocycles. The Labute approximate surface area is 221 Å². The topological polar surface area (TPSA) is 153 Å². The molecule has 2 heterocycles. The molecular weight excluding hydrogens is 514 g/mol. The number of carbonyl (C=O) groups excluding carboxylic acids is 1. The maximum atomic E-state index is 13.4. The molecule has 0 unspecified atom stereocenters. The van der Waals surface area contributed by atoms with E-state index in [0.717, 1.165) is 10.1 Å². The van der Waals surface area contributed by atoms with E-state index >= 15 is 0 Å². The van der Waals surface area contributed by atoms with Crippen LogP contribution in [0.25, 0.3) is 0 Å². The molecule has 196 valence electrons. The Hall–Kier alpha value is -4.55. The van der Waals surface area contributed by atoms with Crippen LogP contribution in [0.15, 0.2) is 87.1 Å². The molecule has 0 spiro atoms. The predicted molar refractivity (Wildman–Crippen MR) is 140 cm³/mol. The third-order valence-corrected chi connectivity index (χ3v) is 5.51. The molecule has 38 heavy (non-hydrogen) atoms. The van der Waals surface area contributed by atoms with Crippen LogP contribution in [0.5, 0.6) is 11.6 Å². The highest BCUT2D eigenvalue weighted by Crippen LogP contribution is 2.23. The van der Waals surface area contributed by atoms with Gasteiger partial charge in [0.2, 0.25) is 17.7 Å². The van der Waals surface area contributed by atoms with Gasteiger partial charge in [0, 0.05) is 29.5 Å². The summed E-state index contributed by atoms with van der Waals surface area (Å²) in [4.78, 5) is 42.3. The molecule has 0 bridgehead atoms. The summed E-state index contributed by atoms with van der Waals surface area (Å²) >= 11 is 6.08. The second-order valence-corrected chi connectivity index (χ2v) is 8.48. The molecule has 0 atom stereocenters. The Kier molecular flexibility index (Phi) is 8.80. The minimum Gasteiger partial charge on any atom is -0.438 e. The molecule has 0 saturated carbocycles. The van der Waals surface area contributed by atoms with Gasteiger partial charge in [-0.3, -0.25) is 9.36 Å². The number of halogens is 1. The maximum Gasteiger partial charge on any atom is 0.355 e. The molecule has 12 nitrogen and oxygen atoms in total. The van der Waals surface area contributed by atoms with Gasteiger partial charge in [0.25, 0.3) is 0 Å². The van der Waals surface area contributed by atoms with Crippen LogP contribution >= 0.6 is 11.6 Å². The summed E-state index contributed by atoms with van der Waals surface area (Å²) in [5, 5.41) is 22.5. The highest BCUT2D eigenvalue weighted by molar-refractivity contribution is 6.31. The van der Waals surface area contributed by atoms with Crippen LogP contribution in [0, 0.1) is 0 Å². The van der Waals surface area contributed by atoms with E-state index in [1.54, 1.807) is 54.6 Å². The molecule has 1 aromatic carbocycles. The van der Waals surface area contributed by atoms with Gasteiger partial charge in [0.1, 0.15) is 12.3 Å². The van der Waals surface area contributed by atoms with Gasteiger partial charge in [0.05, 0.1) is 13.2 Å². The van der Waals surface area contributed by atoms with Gasteiger partial charge in [-0.05, 0) is 54.5 Å². The van der Waals surface area contributed by atoms with E-state index in [0.29, 0.717) is 28.8 Å². The van der Waals surface area contributed by atoms with Crippen molar-refractivity contribution in [3.05, 3.63) is 98.5 Å². The Morgan fingerprint density at radius 3 is 2.68 bits per heavy atom. The van der Waals surface area contributed by atoms with E-state index in [-0.39, 0.29) is 25.6 Å². The number of ether oxygens (including phenoxy) is 1. The first-order valence-corrected chi connectivity index (χ1v) is 11.9. The minimum absolute atomic E-state index is 0.00110. The highest BCUT2D eigenvalue weighted by Gasteiger charge is 2.17. The lowest BCUT2D eigenvalue weighted by molar-refractivity contribution is -0.121. The third-order valence-electron chi connectivity index (χ3n) is 5.26. The van der Waals surface area contributed by atoms with Crippen molar-refractivity contribution in [1.29, 1.82) is 0 Å². The number of aliphatic hydroxyl groups is 1. The maximum absolute atomic E-state index is 13.4. The fourth-order valence-electron chi connectivity index (χ4n) is 3.46. The molecule has 1 aliphatic carbocycles. The molecule has 4 rings (SSSR count). The van der Waals surface area contributed by atoms with Gasteiger partial charge < -0.3 is 20.5 Å². The van der Waals surface area contributed by atoms with Crippen LogP contribution in [0.1, 0.15) is 6.42 Å². The van der Waals surface area contributed by atoms with Gasteiger partial charge in [-0.25, -0.2) is 14.2 Å². The van der Waals surface area contributed by atoms with Crippen molar-refractivity contribution in [2.24, 2.45) is 0 Å². The molecule has 1 amide bonds. The Morgan fingerprint density at radius 1 is 1.13 bits per heavy atom. The summed E-state index contributed by atoms with van der Waals surface area (Å²) in [5.41, 5.74) is -0.259. The van der Waals surface area contributed by atoms with E-state index < -0.39 is 23.8 Å². The Balaban J connectivity index is 1.64. The van der Waals surface area contributed by atoms with Gasteiger partial charge >= 0.3 is 11.4 Å². The summed E-state index contributed by atoms with van der Waals surface area (Å²) in [6.07, 6.45) is 9.16. The van der Waals surface area contributed by atoms with E-state index in [1.807, 2.05) is 6.08 Å². The lowest BCUT2D eigenvalue weighted by atomic mass is 10.2. The number of rotatable bonds is 10. The number of benzene rings is 1. The quantitative estimate of drug-likeness (QED) is 0.351. The van der Waals surface area contributed by atoms with Crippen LogP contribution in [0.4, 0.5) is 11.6 Å². The first-order valence-electron chi connectivity index (χ1n) is 11.6. The Morgan fingerprint density at radius 2 is 1.95 bits per heavy atom. The zero-order valence-corrected chi connectivity index (χ0v) is 20.8. The molecule has 3 aromatic rings. The zero-order chi connectivity index (χ0) is 26.9. The number of aliphatic hydroxyl groups excluding tert-OH is 1. The van der Waals surface area contributed by atoms with Crippen molar-refractivity contribution < 1.29 is 14.6 Å². The first-order chi connectivity index (χ1) is 18.4. The van der Waals surface area contributed by atoms with Crippen molar-refractivity contribution in [2.75, 3.05) is 18.5 Å². The number of amides is 1. The van der Waals surface area contributed by atoms with Crippen molar-refractivity contribution in [3.8, 4) is 11.6 Å². The van der Waals surface area contributed by atoms with Gasteiger partial charge in [-0.1, -0.05) is 23.8 Å². The van der Waals surface area contributed by atoms with Crippen LogP contribution in [0.2, 0.25) is 0 Å². The second kappa shape index (κ2) is 12.6. The SMILES string of the molecule is O=C(Cn1c(=O)nc(Nc2ccc(Oc3cccnn3)cc2)n(CC2=CC=C(Cl)C=CC2)c1=O)NCCO. The third kappa shape index (κ3) is 7.02. The lowest BCUT2D eigenvalue weighted by Crippen LogP contribution is -2.46. The second-order valence-electron chi connectivity index (χ2n) is 8.04. The molecule has 0 radical (unpaired) electrons. The molecule has 13 heteroatoms. The van der Waals surface area contributed by atoms with Crippen molar-refractivity contribution in [1.82, 2.24) is 29.6 Å². The molecule has 0 saturated heterocycles. The number of nitrogens with zero attached hydrogens (tertiary/aromatic N) is 5. The predicted octanol–water partition coefficient (Wildman–Crippen LogP) is 1.85. The fraction of sp³-hybridized carbons (Fsp3) is 0.200. The number of allylic oxidation sites excluding steroid dienone is 6.